The van der Waals surface area contributed by atoms with E-state index in [1.54, 1.807) is 0 Å². The average Bonchev–Trinajstić information content (AvgIpc) is 2.98. The minimum absolute atomic E-state index is 0.250. The molecule has 0 unspecified atom stereocenters. The molecule has 1 N–H and O–H groups in total. The van der Waals surface area contributed by atoms with Gasteiger partial charge in [-0.05, 0) is 66.6 Å². The van der Waals surface area contributed by atoms with E-state index in [1.807, 2.05) is 0 Å². The quantitative estimate of drug-likeness (QED) is 0.592. The minimum Gasteiger partial charge on any atom is -0.481 e. The van der Waals surface area contributed by atoms with Crippen molar-refractivity contribution in [2.45, 2.75) is 38.8 Å². The number of anilines is 2. The van der Waals surface area contributed by atoms with E-state index in [9.17, 15) is 9.90 Å². The van der Waals surface area contributed by atoms with Crippen LogP contribution in [0.4, 0.5) is 11.4 Å². The first kappa shape index (κ1) is 20.8. The maximum absolute atomic E-state index is 11.5. The number of aliphatic carboxylic acids is 1. The second-order valence-corrected chi connectivity index (χ2v) is 9.02. The molecule has 0 saturated carbocycles. The van der Waals surface area contributed by atoms with Crippen molar-refractivity contribution in [2.75, 3.05) is 18.0 Å². The second-order valence-electron chi connectivity index (χ2n) is 9.02. The molecule has 0 bridgehead atoms. The predicted molar refractivity (Wildman–Crippen MR) is 128 cm³/mol. The van der Waals surface area contributed by atoms with Crippen LogP contribution >= 0.6 is 0 Å². The van der Waals surface area contributed by atoms with Crippen LogP contribution in [0.1, 0.15) is 35.1 Å². The van der Waals surface area contributed by atoms with Gasteiger partial charge in [0.15, 0.2) is 0 Å². The molecule has 5 rings (SSSR count). The third kappa shape index (κ3) is 4.28. The summed E-state index contributed by atoms with van der Waals surface area (Å²) in [6.07, 6.45) is 3.84. The van der Waals surface area contributed by atoms with Crippen LogP contribution in [0, 0.1) is 5.92 Å². The number of hydrogen-bond acceptors (Lipinski definition) is 3. The number of likely N-dealkylation sites (tertiary alicyclic amines) is 1. The van der Waals surface area contributed by atoms with Crippen molar-refractivity contribution in [3.05, 3.63) is 95.1 Å². The van der Waals surface area contributed by atoms with Gasteiger partial charge in [0, 0.05) is 31.0 Å². The van der Waals surface area contributed by atoms with Gasteiger partial charge in [-0.25, -0.2) is 0 Å². The van der Waals surface area contributed by atoms with Gasteiger partial charge in [0.25, 0.3) is 0 Å². The molecule has 3 aromatic carbocycles. The third-order valence-corrected chi connectivity index (χ3v) is 6.92. The number of nitrogens with zero attached hydrogens (tertiary/aromatic N) is 2. The van der Waals surface area contributed by atoms with Crippen LogP contribution in [-0.4, -0.2) is 29.1 Å². The summed E-state index contributed by atoms with van der Waals surface area (Å²) in [5, 5.41) is 9.47. The molecule has 0 aliphatic carbocycles. The fourth-order valence-electron chi connectivity index (χ4n) is 5.22. The average molecular weight is 427 g/mol. The molecule has 164 valence electrons. The normalized spacial score (nSPS) is 18.5. The van der Waals surface area contributed by atoms with Gasteiger partial charge >= 0.3 is 5.97 Å². The lowest BCUT2D eigenvalue weighted by atomic mass is 9.97. The number of para-hydroxylation sites is 2. The monoisotopic (exact) mass is 426 g/mol. The number of benzene rings is 3. The molecule has 1 saturated heterocycles. The molecule has 0 spiro atoms. The number of fused-ring (bicyclic) bond motifs is 2. The topological polar surface area (TPSA) is 43.8 Å². The Hall–Kier alpha value is -3.11. The van der Waals surface area contributed by atoms with Crippen molar-refractivity contribution in [1.29, 1.82) is 0 Å². The molecule has 0 radical (unpaired) electrons. The van der Waals surface area contributed by atoms with Crippen LogP contribution in [0.5, 0.6) is 0 Å². The Kier molecular flexibility index (Phi) is 5.95. The van der Waals surface area contributed by atoms with Crippen molar-refractivity contribution >= 4 is 17.3 Å². The summed E-state index contributed by atoms with van der Waals surface area (Å²) in [7, 11) is 0. The zero-order valence-corrected chi connectivity index (χ0v) is 18.4. The highest BCUT2D eigenvalue weighted by atomic mass is 16.4. The van der Waals surface area contributed by atoms with Gasteiger partial charge in [-0.1, -0.05) is 60.7 Å². The molecule has 2 aliphatic rings. The molecular formula is C28H30N2O2. The molecule has 1 fully saturated rings. The van der Waals surface area contributed by atoms with E-state index in [0.29, 0.717) is 6.54 Å². The number of hydrogen-bond donors (Lipinski definition) is 1. The van der Waals surface area contributed by atoms with Gasteiger partial charge in [-0.3, -0.25) is 9.69 Å². The molecule has 2 heterocycles. The summed E-state index contributed by atoms with van der Waals surface area (Å²) < 4.78 is 0. The third-order valence-electron chi connectivity index (χ3n) is 6.92. The SMILES string of the molecule is O=C(O)[C@@H]1CCCN(Cc2ccccc2CN2c3ccccc3CCc3ccccc32)C1. The van der Waals surface area contributed by atoms with Crippen molar-refractivity contribution < 1.29 is 9.90 Å². The highest BCUT2D eigenvalue weighted by Gasteiger charge is 2.26. The van der Waals surface area contributed by atoms with E-state index >= 15 is 0 Å². The summed E-state index contributed by atoms with van der Waals surface area (Å²) in [5.41, 5.74) is 7.95. The van der Waals surface area contributed by atoms with Gasteiger partial charge in [0.05, 0.1) is 5.92 Å². The van der Waals surface area contributed by atoms with E-state index in [0.717, 1.165) is 45.3 Å². The van der Waals surface area contributed by atoms with Gasteiger partial charge in [0.1, 0.15) is 0 Å². The first-order valence-electron chi connectivity index (χ1n) is 11.6. The number of carbonyl (C=O) groups is 1. The molecule has 2 aliphatic heterocycles. The zero-order chi connectivity index (χ0) is 21.9. The summed E-state index contributed by atoms with van der Waals surface area (Å²) in [6, 6.07) is 26.2. The molecular weight excluding hydrogens is 396 g/mol. The van der Waals surface area contributed by atoms with Crippen LogP contribution < -0.4 is 4.90 Å². The lowest BCUT2D eigenvalue weighted by Gasteiger charge is -2.32. The fourth-order valence-corrected chi connectivity index (χ4v) is 5.22. The van der Waals surface area contributed by atoms with Gasteiger partial charge < -0.3 is 10.0 Å². The highest BCUT2D eigenvalue weighted by Crippen LogP contribution is 2.37. The Morgan fingerprint density at radius 2 is 1.38 bits per heavy atom. The lowest BCUT2D eigenvalue weighted by Crippen LogP contribution is -2.38. The Morgan fingerprint density at radius 1 is 0.812 bits per heavy atom. The first-order chi connectivity index (χ1) is 15.7. The number of rotatable bonds is 5. The Balaban J connectivity index is 1.46. The van der Waals surface area contributed by atoms with Crippen LogP contribution in [0.3, 0.4) is 0 Å². The molecule has 3 aromatic rings. The Labute approximate surface area is 190 Å². The number of aryl methyl sites for hydroxylation is 2. The molecule has 0 amide bonds. The number of carboxylic acids is 1. The fraction of sp³-hybridized carbons (Fsp3) is 0.321. The maximum Gasteiger partial charge on any atom is 0.307 e. The summed E-state index contributed by atoms with van der Waals surface area (Å²) in [5.74, 6) is -0.916. The smallest absolute Gasteiger partial charge is 0.307 e. The van der Waals surface area contributed by atoms with Gasteiger partial charge in [-0.15, -0.1) is 0 Å². The van der Waals surface area contributed by atoms with Crippen LogP contribution in [0.25, 0.3) is 0 Å². The van der Waals surface area contributed by atoms with Crippen LogP contribution in [0.15, 0.2) is 72.8 Å². The minimum atomic E-state index is -0.666. The number of piperidine rings is 1. The first-order valence-corrected chi connectivity index (χ1v) is 11.6. The molecule has 4 heteroatoms. The number of carboxylic acid groups (broad SMARTS) is 1. The van der Waals surface area contributed by atoms with Crippen LogP contribution in [0.2, 0.25) is 0 Å². The highest BCUT2D eigenvalue weighted by molar-refractivity contribution is 5.71. The summed E-state index contributed by atoms with van der Waals surface area (Å²) in [6.45, 7) is 3.21. The second kappa shape index (κ2) is 9.17. The van der Waals surface area contributed by atoms with E-state index < -0.39 is 5.97 Å². The van der Waals surface area contributed by atoms with Crippen molar-refractivity contribution in [3.63, 3.8) is 0 Å². The Morgan fingerprint density at radius 3 is 2.00 bits per heavy atom. The van der Waals surface area contributed by atoms with Gasteiger partial charge in [0.2, 0.25) is 0 Å². The van der Waals surface area contributed by atoms with E-state index in [-0.39, 0.29) is 5.92 Å². The van der Waals surface area contributed by atoms with Crippen molar-refractivity contribution in [3.8, 4) is 0 Å². The van der Waals surface area contributed by atoms with E-state index in [4.69, 9.17) is 0 Å². The molecule has 0 aromatic heterocycles. The van der Waals surface area contributed by atoms with Gasteiger partial charge in [-0.2, -0.15) is 0 Å². The molecule has 32 heavy (non-hydrogen) atoms. The zero-order valence-electron chi connectivity index (χ0n) is 18.4. The predicted octanol–water partition coefficient (Wildman–Crippen LogP) is 5.42. The molecule has 4 nitrogen and oxygen atoms in total. The summed E-state index contributed by atoms with van der Waals surface area (Å²) in [4.78, 5) is 16.3. The van der Waals surface area contributed by atoms with Crippen LogP contribution in [-0.2, 0) is 30.7 Å². The standard InChI is InChI=1S/C28H30N2O2/c31-28(32)25-12-7-17-29(19-25)18-23-10-1-2-11-24(23)20-30-26-13-5-3-8-21(26)15-16-22-9-4-6-14-27(22)30/h1-6,8-11,13-14,25H,7,12,15-20H2,(H,31,32)/t25-/m1/s1. The lowest BCUT2D eigenvalue weighted by molar-refractivity contribution is -0.143. The summed E-state index contributed by atoms with van der Waals surface area (Å²) >= 11 is 0. The van der Waals surface area contributed by atoms with Crippen molar-refractivity contribution in [1.82, 2.24) is 4.90 Å². The van der Waals surface area contributed by atoms with E-state index in [1.165, 1.54) is 33.6 Å². The van der Waals surface area contributed by atoms with E-state index in [2.05, 4.69) is 82.6 Å². The maximum atomic E-state index is 11.5. The Bertz CT molecular complexity index is 1060. The molecule has 1 atom stereocenters. The largest absolute Gasteiger partial charge is 0.481 e. The van der Waals surface area contributed by atoms with Crippen molar-refractivity contribution in [2.24, 2.45) is 5.92 Å².